The molecule has 118 valence electrons. The quantitative estimate of drug-likeness (QED) is 0.431. The summed E-state index contributed by atoms with van der Waals surface area (Å²) in [6, 6.07) is 15.2. The lowest BCUT2D eigenvalue weighted by Crippen LogP contribution is -1.96. The molecular formula is C19H12Cl2N2O. The van der Waals surface area contributed by atoms with Crippen LogP contribution in [0.5, 0.6) is 0 Å². The predicted octanol–water partition coefficient (Wildman–Crippen LogP) is 6.17. The summed E-state index contributed by atoms with van der Waals surface area (Å²) >= 11 is 12.7. The number of pyridine rings is 1. The Labute approximate surface area is 148 Å². The number of aryl methyl sites for hydroxylation is 1. The second-order valence-electron chi connectivity index (χ2n) is 5.47. The molecule has 0 bridgehead atoms. The summed E-state index contributed by atoms with van der Waals surface area (Å²) in [7, 11) is 0. The van der Waals surface area contributed by atoms with E-state index in [1.165, 1.54) is 0 Å². The Morgan fingerprint density at radius 1 is 0.958 bits per heavy atom. The summed E-state index contributed by atoms with van der Waals surface area (Å²) in [5.41, 5.74) is 5.20. The molecule has 3 nitrogen and oxygen atoms in total. The average molecular weight is 355 g/mol. The lowest BCUT2D eigenvalue weighted by Gasteiger charge is -2.15. The van der Waals surface area contributed by atoms with Gasteiger partial charge < -0.3 is 4.52 Å². The van der Waals surface area contributed by atoms with Gasteiger partial charge in [-0.2, -0.15) is 0 Å². The van der Waals surface area contributed by atoms with Crippen molar-refractivity contribution < 1.29 is 4.52 Å². The molecule has 0 spiro atoms. The normalized spacial score (nSPS) is 11.1. The van der Waals surface area contributed by atoms with Crippen LogP contribution in [-0.2, 0) is 0 Å². The van der Waals surface area contributed by atoms with Crippen LogP contribution in [0.4, 0.5) is 0 Å². The molecule has 0 saturated heterocycles. The van der Waals surface area contributed by atoms with Crippen LogP contribution in [0.3, 0.4) is 0 Å². The molecule has 0 unspecified atom stereocenters. The number of benzene rings is 2. The number of aromatic nitrogens is 2. The van der Waals surface area contributed by atoms with Crippen molar-refractivity contribution >= 4 is 34.1 Å². The van der Waals surface area contributed by atoms with E-state index in [0.717, 1.165) is 39.0 Å². The van der Waals surface area contributed by atoms with Crippen LogP contribution in [0.2, 0.25) is 10.0 Å². The van der Waals surface area contributed by atoms with Crippen molar-refractivity contribution in [3.05, 3.63) is 70.5 Å². The average Bonchev–Trinajstić information content (AvgIpc) is 3.09. The van der Waals surface area contributed by atoms with E-state index in [4.69, 9.17) is 32.7 Å². The van der Waals surface area contributed by atoms with E-state index in [-0.39, 0.29) is 0 Å². The van der Waals surface area contributed by atoms with Crippen LogP contribution in [-0.4, -0.2) is 10.1 Å². The topological polar surface area (TPSA) is 38.9 Å². The lowest BCUT2D eigenvalue weighted by molar-refractivity contribution is 0.422. The van der Waals surface area contributed by atoms with Crippen LogP contribution >= 0.6 is 23.2 Å². The second kappa shape index (κ2) is 5.93. The standard InChI is InChI=1S/C19H12Cl2N2O/c1-11-18(17-8-9-24-23-17)19(13-4-2-3-5-15(13)21)14-10-12(20)6-7-16(14)22-11/h2-10H,1H3. The number of nitrogens with zero attached hydrogens (tertiary/aromatic N) is 2. The molecule has 4 rings (SSSR count). The Balaban J connectivity index is 2.20. The monoisotopic (exact) mass is 354 g/mol. The molecule has 24 heavy (non-hydrogen) atoms. The Morgan fingerprint density at radius 3 is 2.54 bits per heavy atom. The minimum Gasteiger partial charge on any atom is -0.364 e. The van der Waals surface area contributed by atoms with Gasteiger partial charge in [0.25, 0.3) is 0 Å². The van der Waals surface area contributed by atoms with E-state index in [1.807, 2.05) is 55.5 Å². The Hall–Kier alpha value is -2.36. The highest BCUT2D eigenvalue weighted by atomic mass is 35.5. The molecule has 0 N–H and O–H groups in total. The van der Waals surface area contributed by atoms with Crippen LogP contribution in [0.15, 0.2) is 59.3 Å². The third-order valence-electron chi connectivity index (χ3n) is 3.97. The molecule has 0 radical (unpaired) electrons. The predicted molar refractivity (Wildman–Crippen MR) is 97.4 cm³/mol. The van der Waals surface area contributed by atoms with Crippen LogP contribution in [0, 0.1) is 6.92 Å². The highest BCUT2D eigenvalue weighted by Gasteiger charge is 2.19. The van der Waals surface area contributed by atoms with E-state index >= 15 is 0 Å². The largest absolute Gasteiger partial charge is 0.364 e. The Morgan fingerprint density at radius 2 is 1.79 bits per heavy atom. The molecule has 0 aliphatic carbocycles. The summed E-state index contributed by atoms with van der Waals surface area (Å²) in [6.45, 7) is 1.96. The highest BCUT2D eigenvalue weighted by molar-refractivity contribution is 6.34. The maximum atomic E-state index is 6.49. The Bertz CT molecular complexity index is 1040. The summed E-state index contributed by atoms with van der Waals surface area (Å²) in [6.07, 6.45) is 1.55. The van der Waals surface area contributed by atoms with Crippen molar-refractivity contribution in [1.29, 1.82) is 0 Å². The summed E-state index contributed by atoms with van der Waals surface area (Å²) in [4.78, 5) is 4.71. The fourth-order valence-corrected chi connectivity index (χ4v) is 3.36. The second-order valence-corrected chi connectivity index (χ2v) is 6.32. The van der Waals surface area contributed by atoms with Crippen molar-refractivity contribution in [1.82, 2.24) is 10.1 Å². The van der Waals surface area contributed by atoms with Gasteiger partial charge in [-0.25, -0.2) is 0 Å². The van der Waals surface area contributed by atoms with Gasteiger partial charge in [0.1, 0.15) is 12.0 Å². The number of rotatable bonds is 2. The van der Waals surface area contributed by atoms with Crippen molar-refractivity contribution in [3.63, 3.8) is 0 Å². The van der Waals surface area contributed by atoms with E-state index in [1.54, 1.807) is 6.26 Å². The molecule has 0 amide bonds. The van der Waals surface area contributed by atoms with E-state index in [9.17, 15) is 0 Å². The SMILES string of the molecule is Cc1nc2ccc(Cl)cc2c(-c2ccccc2Cl)c1-c1ccon1. The maximum Gasteiger partial charge on any atom is 0.124 e. The molecule has 0 saturated carbocycles. The summed E-state index contributed by atoms with van der Waals surface area (Å²) in [5, 5.41) is 6.34. The van der Waals surface area contributed by atoms with Gasteiger partial charge in [-0.15, -0.1) is 0 Å². The fraction of sp³-hybridized carbons (Fsp3) is 0.0526. The first-order valence-corrected chi connectivity index (χ1v) is 8.16. The van der Waals surface area contributed by atoms with Gasteiger partial charge in [-0.3, -0.25) is 4.98 Å². The van der Waals surface area contributed by atoms with Gasteiger partial charge in [-0.1, -0.05) is 46.6 Å². The first kappa shape index (κ1) is 15.2. The van der Waals surface area contributed by atoms with Gasteiger partial charge >= 0.3 is 0 Å². The molecule has 0 fully saturated rings. The molecule has 0 aliphatic rings. The molecule has 2 aromatic carbocycles. The third-order valence-corrected chi connectivity index (χ3v) is 4.53. The summed E-state index contributed by atoms with van der Waals surface area (Å²) in [5.74, 6) is 0. The highest BCUT2D eigenvalue weighted by Crippen LogP contribution is 2.41. The van der Waals surface area contributed by atoms with Gasteiger partial charge in [0.05, 0.1) is 5.52 Å². The van der Waals surface area contributed by atoms with Crippen molar-refractivity contribution in [2.24, 2.45) is 0 Å². The van der Waals surface area contributed by atoms with Gasteiger partial charge in [-0.05, 0) is 31.2 Å². The molecule has 2 aromatic heterocycles. The number of halogens is 2. The molecule has 0 atom stereocenters. The smallest absolute Gasteiger partial charge is 0.124 e. The first-order valence-electron chi connectivity index (χ1n) is 7.40. The van der Waals surface area contributed by atoms with Gasteiger partial charge in [0, 0.05) is 43.9 Å². The van der Waals surface area contributed by atoms with E-state index in [0.29, 0.717) is 10.0 Å². The van der Waals surface area contributed by atoms with E-state index < -0.39 is 0 Å². The zero-order chi connectivity index (χ0) is 16.7. The van der Waals surface area contributed by atoms with Crippen molar-refractivity contribution in [3.8, 4) is 22.4 Å². The Kier molecular flexibility index (Phi) is 3.75. The number of hydrogen-bond donors (Lipinski definition) is 0. The van der Waals surface area contributed by atoms with Gasteiger partial charge in [0.2, 0.25) is 0 Å². The van der Waals surface area contributed by atoms with Crippen LogP contribution in [0.1, 0.15) is 5.69 Å². The third kappa shape index (κ3) is 2.46. The summed E-state index contributed by atoms with van der Waals surface area (Å²) < 4.78 is 5.04. The molecule has 0 aliphatic heterocycles. The minimum atomic E-state index is 0.646. The minimum absolute atomic E-state index is 0.646. The zero-order valence-electron chi connectivity index (χ0n) is 12.8. The van der Waals surface area contributed by atoms with E-state index in [2.05, 4.69) is 5.16 Å². The molecule has 4 aromatic rings. The van der Waals surface area contributed by atoms with Crippen molar-refractivity contribution in [2.75, 3.05) is 0 Å². The number of hydrogen-bond acceptors (Lipinski definition) is 3. The van der Waals surface area contributed by atoms with Gasteiger partial charge in [0.15, 0.2) is 0 Å². The van der Waals surface area contributed by atoms with Crippen molar-refractivity contribution in [2.45, 2.75) is 6.92 Å². The molecule has 2 heterocycles. The maximum absolute atomic E-state index is 6.49. The molecule has 5 heteroatoms. The molecular weight excluding hydrogens is 343 g/mol. The first-order chi connectivity index (χ1) is 11.6. The lowest BCUT2D eigenvalue weighted by atomic mass is 9.92. The number of fused-ring (bicyclic) bond motifs is 1. The van der Waals surface area contributed by atoms with Crippen LogP contribution < -0.4 is 0 Å². The fourth-order valence-electron chi connectivity index (χ4n) is 2.96. The zero-order valence-corrected chi connectivity index (χ0v) is 14.3. The van der Waals surface area contributed by atoms with Crippen LogP contribution in [0.25, 0.3) is 33.3 Å².